The van der Waals surface area contributed by atoms with Gasteiger partial charge >= 0.3 is 0 Å². The molecule has 0 bridgehead atoms. The molecule has 1 aromatic heterocycles. The second kappa shape index (κ2) is 9.63. The van der Waals surface area contributed by atoms with E-state index in [1.54, 1.807) is 36.5 Å². The van der Waals surface area contributed by atoms with Crippen LogP contribution in [0.3, 0.4) is 0 Å². The van der Waals surface area contributed by atoms with Gasteiger partial charge in [0.15, 0.2) is 0 Å². The molecule has 4 rings (SSSR count). The van der Waals surface area contributed by atoms with Crippen molar-refractivity contribution < 1.29 is 9.84 Å². The van der Waals surface area contributed by atoms with Crippen LogP contribution in [0.25, 0.3) is 11.3 Å². The number of rotatable bonds is 8. The molecular formula is C24H25ClN6O2. The number of nitrogens with one attached hydrogen (secondary N) is 3. The van der Waals surface area contributed by atoms with E-state index >= 15 is 0 Å². The zero-order chi connectivity index (χ0) is 23.4. The van der Waals surface area contributed by atoms with Crippen molar-refractivity contribution in [3.63, 3.8) is 0 Å². The van der Waals surface area contributed by atoms with Gasteiger partial charge in [-0.05, 0) is 49.0 Å². The highest BCUT2D eigenvalue weighted by Gasteiger charge is 2.35. The van der Waals surface area contributed by atoms with Crippen LogP contribution < -0.4 is 20.7 Å². The lowest BCUT2D eigenvalue weighted by Gasteiger charge is -2.21. The molecule has 1 aliphatic rings. The molecule has 1 unspecified atom stereocenters. The van der Waals surface area contributed by atoms with Crippen molar-refractivity contribution in [2.45, 2.75) is 12.3 Å². The molecular weight excluding hydrogens is 440 g/mol. The lowest BCUT2D eigenvalue weighted by atomic mass is 9.83. The fraction of sp³-hybridized carbons (Fsp3) is 0.292. The summed E-state index contributed by atoms with van der Waals surface area (Å²) >= 11 is 6.19. The van der Waals surface area contributed by atoms with E-state index in [2.05, 4.69) is 32.0 Å². The molecule has 0 fully saturated rings. The largest absolute Gasteiger partial charge is 0.490 e. The Kier molecular flexibility index (Phi) is 6.65. The second-order valence-electron chi connectivity index (χ2n) is 8.11. The van der Waals surface area contributed by atoms with Gasteiger partial charge in [-0.2, -0.15) is 5.26 Å². The first-order valence-electron chi connectivity index (χ1n) is 10.6. The van der Waals surface area contributed by atoms with Gasteiger partial charge in [0.2, 0.25) is 5.95 Å². The molecule has 1 atom stereocenters. The minimum atomic E-state index is -0.467. The summed E-state index contributed by atoms with van der Waals surface area (Å²) in [7, 11) is 1.86. The molecule has 3 aromatic rings. The molecule has 170 valence electrons. The summed E-state index contributed by atoms with van der Waals surface area (Å²) in [5.41, 5.74) is 3.80. The summed E-state index contributed by atoms with van der Waals surface area (Å²) < 4.78 is 5.83. The Morgan fingerprint density at radius 1 is 1.30 bits per heavy atom. The monoisotopic (exact) mass is 464 g/mol. The lowest BCUT2D eigenvalue weighted by molar-refractivity contribution is 0.219. The standard InChI is InChI=1S/C24H25ClN6O2/c1-24(14-32)13-29-22-16(12-26)9-15(10-18(22)24)19-5-6-28-23(30-19)31-20-11-17(25)3-4-21(20)33-8-7-27-2/h3-6,9-11,27,29,32H,7-8,13-14H2,1-2H3,(H,28,30,31). The van der Waals surface area contributed by atoms with E-state index in [1.165, 1.54) is 0 Å². The van der Waals surface area contributed by atoms with E-state index in [0.717, 1.165) is 16.8 Å². The van der Waals surface area contributed by atoms with Gasteiger partial charge in [-0.1, -0.05) is 18.5 Å². The van der Waals surface area contributed by atoms with Crippen LogP contribution in [0.4, 0.5) is 17.3 Å². The number of halogens is 1. The number of benzene rings is 2. The lowest BCUT2D eigenvalue weighted by Crippen LogP contribution is -2.28. The number of ether oxygens (including phenoxy) is 1. The van der Waals surface area contributed by atoms with Crippen molar-refractivity contribution >= 4 is 28.9 Å². The van der Waals surface area contributed by atoms with E-state index < -0.39 is 5.41 Å². The van der Waals surface area contributed by atoms with Gasteiger partial charge in [0, 0.05) is 35.3 Å². The molecule has 0 radical (unpaired) electrons. The molecule has 4 N–H and O–H groups in total. The molecule has 0 amide bonds. The van der Waals surface area contributed by atoms with E-state index in [1.807, 2.05) is 20.0 Å². The van der Waals surface area contributed by atoms with Crippen LogP contribution in [-0.4, -0.2) is 48.4 Å². The summed E-state index contributed by atoms with van der Waals surface area (Å²) in [6.07, 6.45) is 1.65. The Labute approximate surface area is 197 Å². The number of anilines is 3. The summed E-state index contributed by atoms with van der Waals surface area (Å²) in [6, 6.07) is 13.1. The molecule has 33 heavy (non-hydrogen) atoms. The van der Waals surface area contributed by atoms with Crippen molar-refractivity contribution in [1.29, 1.82) is 5.26 Å². The number of hydrogen-bond donors (Lipinski definition) is 4. The number of aliphatic hydroxyl groups excluding tert-OH is 1. The minimum absolute atomic E-state index is 0.0248. The fourth-order valence-electron chi connectivity index (χ4n) is 3.75. The summed E-state index contributed by atoms with van der Waals surface area (Å²) in [4.78, 5) is 8.99. The van der Waals surface area contributed by atoms with Crippen molar-refractivity contribution in [2.75, 3.05) is 44.0 Å². The highest BCUT2D eigenvalue weighted by Crippen LogP contribution is 2.41. The number of nitrogens with zero attached hydrogens (tertiary/aromatic N) is 3. The molecule has 8 nitrogen and oxygen atoms in total. The fourth-order valence-corrected chi connectivity index (χ4v) is 3.93. The highest BCUT2D eigenvalue weighted by atomic mass is 35.5. The average molecular weight is 465 g/mol. The molecule has 0 saturated carbocycles. The van der Waals surface area contributed by atoms with Gasteiger partial charge in [-0.25, -0.2) is 9.97 Å². The van der Waals surface area contributed by atoms with Crippen LogP contribution in [0.1, 0.15) is 18.1 Å². The third-order valence-corrected chi connectivity index (χ3v) is 5.90. The predicted molar refractivity (Wildman–Crippen MR) is 129 cm³/mol. The molecule has 2 heterocycles. The van der Waals surface area contributed by atoms with E-state index in [4.69, 9.17) is 16.3 Å². The third kappa shape index (κ3) is 4.71. The Morgan fingerprint density at radius 2 is 2.15 bits per heavy atom. The highest BCUT2D eigenvalue weighted by molar-refractivity contribution is 6.31. The third-order valence-electron chi connectivity index (χ3n) is 5.66. The number of nitriles is 1. The zero-order valence-corrected chi connectivity index (χ0v) is 19.2. The van der Waals surface area contributed by atoms with Crippen LogP contribution in [0.15, 0.2) is 42.6 Å². The quantitative estimate of drug-likeness (QED) is 0.373. The number of aliphatic hydroxyl groups is 1. The average Bonchev–Trinajstić information content (AvgIpc) is 3.17. The molecule has 0 saturated heterocycles. The Hall–Kier alpha value is -3.38. The molecule has 1 aliphatic heterocycles. The topological polar surface area (TPSA) is 115 Å². The number of aromatic nitrogens is 2. The SMILES string of the molecule is CNCCOc1ccc(Cl)cc1Nc1nccc(-c2cc(C#N)c3c(c2)C(C)(CO)CN3)n1. The summed E-state index contributed by atoms with van der Waals surface area (Å²) in [5, 5.41) is 29.7. The molecule has 0 spiro atoms. The normalized spacial score (nSPS) is 16.6. The first kappa shape index (κ1) is 22.8. The Balaban J connectivity index is 1.67. The van der Waals surface area contributed by atoms with Gasteiger partial charge in [-0.3, -0.25) is 0 Å². The van der Waals surface area contributed by atoms with Crippen LogP contribution in [-0.2, 0) is 5.41 Å². The zero-order valence-electron chi connectivity index (χ0n) is 18.4. The van der Waals surface area contributed by atoms with Gasteiger partial charge in [0.1, 0.15) is 18.4 Å². The first-order valence-corrected chi connectivity index (χ1v) is 11.0. The van der Waals surface area contributed by atoms with Gasteiger partial charge in [0.25, 0.3) is 0 Å². The second-order valence-corrected chi connectivity index (χ2v) is 8.55. The van der Waals surface area contributed by atoms with Gasteiger partial charge in [-0.15, -0.1) is 0 Å². The summed E-state index contributed by atoms with van der Waals surface area (Å²) in [5.74, 6) is 1.01. The Morgan fingerprint density at radius 3 is 2.91 bits per heavy atom. The van der Waals surface area contributed by atoms with Gasteiger partial charge in [0.05, 0.1) is 29.2 Å². The Bertz CT molecular complexity index is 1210. The van der Waals surface area contributed by atoms with Crippen LogP contribution in [0.2, 0.25) is 5.02 Å². The number of likely N-dealkylation sites (N-methyl/N-ethyl adjacent to an activating group) is 1. The number of hydrogen-bond acceptors (Lipinski definition) is 8. The smallest absolute Gasteiger partial charge is 0.227 e. The minimum Gasteiger partial charge on any atom is -0.490 e. The van der Waals surface area contributed by atoms with Crippen LogP contribution >= 0.6 is 11.6 Å². The molecule has 9 heteroatoms. The van der Waals surface area contributed by atoms with Crippen molar-refractivity contribution in [2.24, 2.45) is 0 Å². The van der Waals surface area contributed by atoms with Crippen LogP contribution in [0, 0.1) is 11.3 Å². The van der Waals surface area contributed by atoms with E-state index in [9.17, 15) is 10.4 Å². The van der Waals surface area contributed by atoms with Crippen molar-refractivity contribution in [1.82, 2.24) is 15.3 Å². The van der Waals surface area contributed by atoms with Gasteiger partial charge < -0.3 is 25.8 Å². The molecule has 2 aromatic carbocycles. The molecule has 0 aliphatic carbocycles. The predicted octanol–water partition coefficient (Wildman–Crippen LogP) is 3.69. The van der Waals surface area contributed by atoms with Crippen molar-refractivity contribution in [3.8, 4) is 23.1 Å². The van der Waals surface area contributed by atoms with E-state index in [0.29, 0.717) is 53.4 Å². The summed E-state index contributed by atoms with van der Waals surface area (Å²) in [6.45, 7) is 3.72. The maximum atomic E-state index is 9.95. The first-order chi connectivity index (χ1) is 16.0. The maximum absolute atomic E-state index is 9.95. The number of fused-ring (bicyclic) bond motifs is 1. The van der Waals surface area contributed by atoms with E-state index in [-0.39, 0.29) is 6.61 Å². The van der Waals surface area contributed by atoms with Crippen LogP contribution in [0.5, 0.6) is 5.75 Å². The van der Waals surface area contributed by atoms with Crippen molar-refractivity contribution in [3.05, 3.63) is 58.7 Å². The maximum Gasteiger partial charge on any atom is 0.227 e.